The number of aliphatic imine (C=N–C) groups is 1. The molecule has 2 heteroatoms. The highest BCUT2D eigenvalue weighted by atomic mass is 16.1. The molecule has 1 heterocycles. The third-order valence-corrected chi connectivity index (χ3v) is 4.34. The van der Waals surface area contributed by atoms with Crippen LogP contribution in [-0.4, -0.2) is 11.5 Å². The van der Waals surface area contributed by atoms with E-state index >= 15 is 0 Å². The standard InChI is InChI=1S/C17H23NO/c1-6-8-13(11(2)19)14-9-7-10-15-16(14)17(4,5)12(3)18-15/h7,9-10,13H,6,8H2,1-5H3. The van der Waals surface area contributed by atoms with Gasteiger partial charge in [-0.1, -0.05) is 39.3 Å². The minimum absolute atomic E-state index is 0.0142. The number of Topliss-reactive ketones (excluding diaryl/α,β-unsaturated/α-hetero) is 1. The Labute approximate surface area is 115 Å². The van der Waals surface area contributed by atoms with Crippen molar-refractivity contribution in [3.8, 4) is 0 Å². The van der Waals surface area contributed by atoms with E-state index in [0.29, 0.717) is 0 Å². The zero-order valence-electron chi connectivity index (χ0n) is 12.6. The third-order valence-electron chi connectivity index (χ3n) is 4.34. The smallest absolute Gasteiger partial charge is 0.137 e. The molecule has 1 atom stereocenters. The molecule has 0 saturated heterocycles. The SMILES string of the molecule is CCCC(C(C)=O)c1cccc2c1C(C)(C)C(C)=N2. The van der Waals surface area contributed by atoms with Gasteiger partial charge in [-0.15, -0.1) is 0 Å². The van der Waals surface area contributed by atoms with Crippen LogP contribution in [0, 0.1) is 0 Å². The second-order valence-corrected chi connectivity index (χ2v) is 6.02. The monoisotopic (exact) mass is 257 g/mol. The van der Waals surface area contributed by atoms with Gasteiger partial charge in [0.05, 0.1) is 5.69 Å². The quantitative estimate of drug-likeness (QED) is 0.778. The van der Waals surface area contributed by atoms with E-state index in [1.54, 1.807) is 6.92 Å². The van der Waals surface area contributed by atoms with Gasteiger partial charge in [-0.3, -0.25) is 9.79 Å². The summed E-state index contributed by atoms with van der Waals surface area (Å²) in [5.41, 5.74) is 4.54. The van der Waals surface area contributed by atoms with Crippen molar-refractivity contribution in [3.05, 3.63) is 29.3 Å². The molecule has 1 unspecified atom stereocenters. The maximum atomic E-state index is 12.0. The molecule has 0 radical (unpaired) electrons. The van der Waals surface area contributed by atoms with Gasteiger partial charge in [-0.05, 0) is 37.5 Å². The van der Waals surface area contributed by atoms with Gasteiger partial charge < -0.3 is 0 Å². The Morgan fingerprint density at radius 2 is 2.05 bits per heavy atom. The van der Waals surface area contributed by atoms with Crippen molar-refractivity contribution in [1.82, 2.24) is 0 Å². The van der Waals surface area contributed by atoms with E-state index in [1.807, 2.05) is 6.07 Å². The third kappa shape index (κ3) is 2.24. The lowest BCUT2D eigenvalue weighted by atomic mass is 9.75. The first-order valence-electron chi connectivity index (χ1n) is 7.09. The molecule has 102 valence electrons. The molecule has 0 spiro atoms. The van der Waals surface area contributed by atoms with Crippen molar-refractivity contribution in [2.24, 2.45) is 4.99 Å². The highest BCUT2D eigenvalue weighted by Gasteiger charge is 2.36. The Hall–Kier alpha value is -1.44. The average molecular weight is 257 g/mol. The Morgan fingerprint density at radius 1 is 1.37 bits per heavy atom. The molecule has 0 amide bonds. The maximum Gasteiger partial charge on any atom is 0.137 e. The molecule has 1 aliphatic rings. The van der Waals surface area contributed by atoms with Gasteiger partial charge in [0.1, 0.15) is 5.78 Å². The number of hydrogen-bond acceptors (Lipinski definition) is 2. The zero-order chi connectivity index (χ0) is 14.2. The normalized spacial score (nSPS) is 17.8. The predicted octanol–water partition coefficient (Wildman–Crippen LogP) is 4.54. The molecule has 1 aliphatic heterocycles. The molecule has 1 aromatic rings. The Balaban J connectivity index is 2.58. The second-order valence-electron chi connectivity index (χ2n) is 6.02. The van der Waals surface area contributed by atoms with Gasteiger partial charge in [0.25, 0.3) is 0 Å². The molecule has 0 bridgehead atoms. The van der Waals surface area contributed by atoms with Crippen molar-refractivity contribution in [2.45, 2.75) is 58.8 Å². The molecule has 2 nitrogen and oxygen atoms in total. The summed E-state index contributed by atoms with van der Waals surface area (Å²) in [4.78, 5) is 16.7. The minimum Gasteiger partial charge on any atom is -0.299 e. The number of hydrogen-bond donors (Lipinski definition) is 0. The Kier molecular flexibility index (Phi) is 3.62. The molecule has 0 aliphatic carbocycles. The van der Waals surface area contributed by atoms with Crippen LogP contribution in [0.2, 0.25) is 0 Å². The summed E-state index contributed by atoms with van der Waals surface area (Å²) in [5, 5.41) is 0. The molecule has 0 saturated carbocycles. The summed E-state index contributed by atoms with van der Waals surface area (Å²) in [7, 11) is 0. The van der Waals surface area contributed by atoms with Crippen LogP contribution in [0.5, 0.6) is 0 Å². The Bertz CT molecular complexity index is 540. The van der Waals surface area contributed by atoms with Crippen molar-refractivity contribution >= 4 is 17.2 Å². The number of fused-ring (bicyclic) bond motifs is 1. The van der Waals surface area contributed by atoms with Crippen LogP contribution in [0.15, 0.2) is 23.2 Å². The van der Waals surface area contributed by atoms with E-state index in [1.165, 1.54) is 11.1 Å². The van der Waals surface area contributed by atoms with Gasteiger partial charge in [-0.25, -0.2) is 0 Å². The first kappa shape index (κ1) is 14.0. The summed E-state index contributed by atoms with van der Waals surface area (Å²) in [6.07, 6.45) is 1.94. The van der Waals surface area contributed by atoms with Crippen LogP contribution in [0.4, 0.5) is 5.69 Å². The molecule has 0 fully saturated rings. The summed E-state index contributed by atoms with van der Waals surface area (Å²) in [6, 6.07) is 6.19. The molecular formula is C17H23NO. The van der Waals surface area contributed by atoms with E-state index in [-0.39, 0.29) is 17.1 Å². The fourth-order valence-corrected chi connectivity index (χ4v) is 2.99. The van der Waals surface area contributed by atoms with E-state index in [0.717, 1.165) is 24.2 Å². The minimum atomic E-state index is -0.0621. The molecular weight excluding hydrogens is 234 g/mol. The van der Waals surface area contributed by atoms with E-state index < -0.39 is 0 Å². The van der Waals surface area contributed by atoms with Gasteiger partial charge in [0, 0.05) is 17.0 Å². The maximum absolute atomic E-state index is 12.0. The molecule has 0 aromatic heterocycles. The van der Waals surface area contributed by atoms with Gasteiger partial charge in [-0.2, -0.15) is 0 Å². The number of carbonyl (C=O) groups excluding carboxylic acids is 1. The fourth-order valence-electron chi connectivity index (χ4n) is 2.99. The molecule has 2 rings (SSSR count). The van der Waals surface area contributed by atoms with Crippen LogP contribution < -0.4 is 0 Å². The first-order valence-corrected chi connectivity index (χ1v) is 7.09. The van der Waals surface area contributed by atoms with Crippen LogP contribution >= 0.6 is 0 Å². The highest BCUT2D eigenvalue weighted by Crippen LogP contribution is 2.44. The average Bonchev–Trinajstić information content (AvgIpc) is 2.57. The second kappa shape index (κ2) is 4.92. The van der Waals surface area contributed by atoms with Crippen molar-refractivity contribution in [2.75, 3.05) is 0 Å². The largest absolute Gasteiger partial charge is 0.299 e. The van der Waals surface area contributed by atoms with Crippen molar-refractivity contribution in [3.63, 3.8) is 0 Å². The topological polar surface area (TPSA) is 29.4 Å². The predicted molar refractivity (Wildman–Crippen MR) is 80.6 cm³/mol. The lowest BCUT2D eigenvalue weighted by Crippen LogP contribution is -2.26. The van der Waals surface area contributed by atoms with Crippen LogP contribution in [0.3, 0.4) is 0 Å². The van der Waals surface area contributed by atoms with Gasteiger partial charge in [0.15, 0.2) is 0 Å². The number of ketones is 1. The lowest BCUT2D eigenvalue weighted by Gasteiger charge is -2.26. The number of carbonyl (C=O) groups is 1. The summed E-state index contributed by atoms with van der Waals surface area (Å²) < 4.78 is 0. The zero-order valence-corrected chi connectivity index (χ0v) is 12.6. The van der Waals surface area contributed by atoms with Crippen LogP contribution in [-0.2, 0) is 10.2 Å². The van der Waals surface area contributed by atoms with Crippen LogP contribution in [0.1, 0.15) is 64.5 Å². The van der Waals surface area contributed by atoms with E-state index in [2.05, 4.69) is 44.8 Å². The van der Waals surface area contributed by atoms with Crippen molar-refractivity contribution in [1.29, 1.82) is 0 Å². The summed E-state index contributed by atoms with van der Waals surface area (Å²) in [5.74, 6) is 0.274. The lowest BCUT2D eigenvalue weighted by molar-refractivity contribution is -0.118. The fraction of sp³-hybridized carbons (Fsp3) is 0.529. The Morgan fingerprint density at radius 3 is 2.63 bits per heavy atom. The molecule has 19 heavy (non-hydrogen) atoms. The number of nitrogens with zero attached hydrogens (tertiary/aromatic N) is 1. The number of rotatable bonds is 4. The number of benzene rings is 1. The molecule has 0 N–H and O–H groups in total. The van der Waals surface area contributed by atoms with E-state index in [4.69, 9.17) is 0 Å². The highest BCUT2D eigenvalue weighted by molar-refractivity contribution is 6.00. The van der Waals surface area contributed by atoms with Gasteiger partial charge >= 0.3 is 0 Å². The van der Waals surface area contributed by atoms with Crippen molar-refractivity contribution < 1.29 is 4.79 Å². The van der Waals surface area contributed by atoms with Gasteiger partial charge in [0.2, 0.25) is 0 Å². The first-order chi connectivity index (χ1) is 8.89. The summed E-state index contributed by atoms with van der Waals surface area (Å²) in [6.45, 7) is 10.3. The molecule has 1 aromatic carbocycles. The summed E-state index contributed by atoms with van der Waals surface area (Å²) >= 11 is 0. The van der Waals surface area contributed by atoms with Crippen LogP contribution in [0.25, 0.3) is 0 Å². The van der Waals surface area contributed by atoms with E-state index in [9.17, 15) is 4.79 Å².